The third kappa shape index (κ3) is 6.19. The Morgan fingerprint density at radius 1 is 1.28 bits per heavy atom. The number of hydrogen-bond donors (Lipinski definition) is 2. The molecular formula is C20H31ClN2O2. The van der Waals surface area contributed by atoms with Crippen LogP contribution in [0.1, 0.15) is 51.0 Å². The summed E-state index contributed by atoms with van der Waals surface area (Å²) >= 11 is 0. The molecule has 0 bridgehead atoms. The summed E-state index contributed by atoms with van der Waals surface area (Å²) in [5.74, 6) is 1.65. The summed E-state index contributed by atoms with van der Waals surface area (Å²) in [7, 11) is 0. The van der Waals surface area contributed by atoms with E-state index >= 15 is 0 Å². The number of hydrogen-bond acceptors (Lipinski definition) is 3. The molecule has 2 aliphatic rings. The molecule has 2 unspecified atom stereocenters. The Morgan fingerprint density at radius 2 is 2.08 bits per heavy atom. The van der Waals surface area contributed by atoms with Gasteiger partial charge in [0.1, 0.15) is 5.75 Å². The number of piperidine rings is 1. The van der Waals surface area contributed by atoms with Gasteiger partial charge in [-0.25, -0.2) is 0 Å². The van der Waals surface area contributed by atoms with E-state index < -0.39 is 0 Å². The SMILES string of the molecule is CC1CCNCC1NC(=O)CCc1cccc(OC2CCCC2)c1.Cl. The van der Waals surface area contributed by atoms with E-state index in [-0.39, 0.29) is 24.4 Å². The van der Waals surface area contributed by atoms with Crippen LogP contribution in [0.2, 0.25) is 0 Å². The number of amides is 1. The second kappa shape index (κ2) is 10.0. The number of halogens is 1. The molecule has 2 N–H and O–H groups in total. The van der Waals surface area contributed by atoms with Gasteiger partial charge in [-0.15, -0.1) is 12.4 Å². The van der Waals surface area contributed by atoms with E-state index in [1.54, 1.807) is 0 Å². The predicted molar refractivity (Wildman–Crippen MR) is 103 cm³/mol. The quantitative estimate of drug-likeness (QED) is 0.810. The standard InChI is InChI=1S/C20H30N2O2.ClH/c1-15-11-12-21-14-19(15)22-20(23)10-9-16-5-4-8-18(13-16)24-17-6-2-3-7-17;/h4-5,8,13,15,17,19,21H,2-3,6-7,9-12,14H2,1H3,(H,22,23);1H. The Morgan fingerprint density at radius 3 is 2.84 bits per heavy atom. The summed E-state index contributed by atoms with van der Waals surface area (Å²) in [5.41, 5.74) is 1.18. The zero-order valence-electron chi connectivity index (χ0n) is 15.1. The molecular weight excluding hydrogens is 336 g/mol. The van der Waals surface area contributed by atoms with Crippen LogP contribution in [0.4, 0.5) is 0 Å². The predicted octanol–water partition coefficient (Wildman–Crippen LogP) is 3.48. The van der Waals surface area contributed by atoms with Crippen LogP contribution in [-0.2, 0) is 11.2 Å². The van der Waals surface area contributed by atoms with E-state index in [2.05, 4.69) is 29.7 Å². The first-order valence-corrected chi connectivity index (χ1v) is 9.46. The molecule has 140 valence electrons. The van der Waals surface area contributed by atoms with Crippen molar-refractivity contribution in [3.63, 3.8) is 0 Å². The second-order valence-electron chi connectivity index (χ2n) is 7.32. The Bertz CT molecular complexity index is 546. The van der Waals surface area contributed by atoms with Crippen LogP contribution >= 0.6 is 12.4 Å². The molecule has 1 amide bonds. The molecule has 3 rings (SSSR count). The van der Waals surface area contributed by atoms with Crippen LogP contribution in [0.15, 0.2) is 24.3 Å². The first-order chi connectivity index (χ1) is 11.7. The summed E-state index contributed by atoms with van der Waals surface area (Å²) in [6.07, 6.45) is 7.70. The van der Waals surface area contributed by atoms with Gasteiger partial charge in [-0.1, -0.05) is 19.1 Å². The molecule has 1 heterocycles. The molecule has 0 aromatic heterocycles. The molecule has 1 aliphatic carbocycles. The first kappa shape index (κ1) is 20.1. The Kier molecular flexibility index (Phi) is 8.04. The van der Waals surface area contributed by atoms with Crippen molar-refractivity contribution in [1.82, 2.24) is 10.6 Å². The van der Waals surface area contributed by atoms with Crippen LogP contribution in [-0.4, -0.2) is 31.1 Å². The third-order valence-electron chi connectivity index (χ3n) is 5.32. The molecule has 1 aromatic carbocycles. The average Bonchev–Trinajstić information content (AvgIpc) is 3.08. The number of aryl methyl sites for hydroxylation is 1. The highest BCUT2D eigenvalue weighted by Crippen LogP contribution is 2.24. The van der Waals surface area contributed by atoms with Crippen molar-refractivity contribution in [1.29, 1.82) is 0 Å². The Hall–Kier alpha value is -1.26. The lowest BCUT2D eigenvalue weighted by atomic mass is 9.94. The zero-order chi connectivity index (χ0) is 16.8. The topological polar surface area (TPSA) is 50.4 Å². The molecule has 1 aromatic rings. The fourth-order valence-corrected chi connectivity index (χ4v) is 3.69. The van der Waals surface area contributed by atoms with E-state index in [1.165, 1.54) is 31.2 Å². The molecule has 1 saturated carbocycles. The van der Waals surface area contributed by atoms with Gasteiger partial charge < -0.3 is 15.4 Å². The monoisotopic (exact) mass is 366 g/mol. The van der Waals surface area contributed by atoms with Crippen molar-refractivity contribution >= 4 is 18.3 Å². The number of nitrogens with one attached hydrogen (secondary N) is 2. The average molecular weight is 367 g/mol. The van der Waals surface area contributed by atoms with E-state index in [1.807, 2.05) is 12.1 Å². The van der Waals surface area contributed by atoms with Crippen molar-refractivity contribution < 1.29 is 9.53 Å². The molecule has 2 fully saturated rings. The van der Waals surface area contributed by atoms with Gasteiger partial charge in [0.2, 0.25) is 5.91 Å². The highest BCUT2D eigenvalue weighted by Gasteiger charge is 2.22. The summed E-state index contributed by atoms with van der Waals surface area (Å²) in [4.78, 5) is 12.2. The summed E-state index contributed by atoms with van der Waals surface area (Å²) in [6, 6.07) is 8.50. The molecule has 1 aliphatic heterocycles. The third-order valence-corrected chi connectivity index (χ3v) is 5.32. The van der Waals surface area contributed by atoms with Crippen LogP contribution < -0.4 is 15.4 Å². The van der Waals surface area contributed by atoms with Gasteiger partial charge in [0.25, 0.3) is 0 Å². The normalized spacial score (nSPS) is 23.7. The van der Waals surface area contributed by atoms with Gasteiger partial charge in [0.05, 0.1) is 6.10 Å². The largest absolute Gasteiger partial charge is 0.490 e. The Labute approximate surface area is 157 Å². The van der Waals surface area contributed by atoms with E-state index in [9.17, 15) is 4.79 Å². The van der Waals surface area contributed by atoms with Crippen LogP contribution in [0, 0.1) is 5.92 Å². The number of rotatable bonds is 6. The maximum absolute atomic E-state index is 12.2. The molecule has 25 heavy (non-hydrogen) atoms. The fourth-order valence-electron chi connectivity index (χ4n) is 3.69. The van der Waals surface area contributed by atoms with Crippen molar-refractivity contribution in [2.45, 2.75) is 64.0 Å². The molecule has 1 saturated heterocycles. The van der Waals surface area contributed by atoms with E-state index in [0.717, 1.165) is 31.7 Å². The summed E-state index contributed by atoms with van der Waals surface area (Å²) < 4.78 is 6.05. The van der Waals surface area contributed by atoms with Crippen molar-refractivity contribution in [3.05, 3.63) is 29.8 Å². The maximum atomic E-state index is 12.2. The van der Waals surface area contributed by atoms with Gasteiger partial charge in [0, 0.05) is 19.0 Å². The highest BCUT2D eigenvalue weighted by atomic mass is 35.5. The maximum Gasteiger partial charge on any atom is 0.220 e. The number of carbonyl (C=O) groups excluding carboxylic acids is 1. The van der Waals surface area contributed by atoms with Gasteiger partial charge in [-0.2, -0.15) is 0 Å². The first-order valence-electron chi connectivity index (χ1n) is 9.46. The highest BCUT2D eigenvalue weighted by molar-refractivity contribution is 5.85. The second-order valence-corrected chi connectivity index (χ2v) is 7.32. The summed E-state index contributed by atoms with van der Waals surface area (Å²) in [6.45, 7) is 4.16. The van der Waals surface area contributed by atoms with Gasteiger partial charge in [-0.3, -0.25) is 4.79 Å². The van der Waals surface area contributed by atoms with Crippen LogP contribution in [0.25, 0.3) is 0 Å². The lowest BCUT2D eigenvalue weighted by Crippen LogP contribution is -2.50. The van der Waals surface area contributed by atoms with E-state index in [4.69, 9.17) is 4.74 Å². The minimum atomic E-state index is 0. The minimum Gasteiger partial charge on any atom is -0.490 e. The van der Waals surface area contributed by atoms with Gasteiger partial charge in [0.15, 0.2) is 0 Å². The number of ether oxygens (including phenoxy) is 1. The van der Waals surface area contributed by atoms with Crippen molar-refractivity contribution in [2.75, 3.05) is 13.1 Å². The smallest absolute Gasteiger partial charge is 0.220 e. The van der Waals surface area contributed by atoms with Crippen LogP contribution in [0.3, 0.4) is 0 Å². The molecule has 4 nitrogen and oxygen atoms in total. The summed E-state index contributed by atoms with van der Waals surface area (Å²) in [5, 5.41) is 6.53. The van der Waals surface area contributed by atoms with Gasteiger partial charge >= 0.3 is 0 Å². The number of benzene rings is 1. The minimum absolute atomic E-state index is 0. The number of carbonyl (C=O) groups is 1. The lowest BCUT2D eigenvalue weighted by Gasteiger charge is -2.30. The Balaban J connectivity index is 0.00000225. The molecule has 0 spiro atoms. The van der Waals surface area contributed by atoms with Crippen molar-refractivity contribution in [3.8, 4) is 5.75 Å². The van der Waals surface area contributed by atoms with Crippen molar-refractivity contribution in [2.24, 2.45) is 5.92 Å². The molecule has 0 radical (unpaired) electrons. The zero-order valence-corrected chi connectivity index (χ0v) is 15.9. The molecule has 5 heteroatoms. The molecule has 2 atom stereocenters. The lowest BCUT2D eigenvalue weighted by molar-refractivity contribution is -0.122. The van der Waals surface area contributed by atoms with E-state index in [0.29, 0.717) is 18.4 Å². The fraction of sp³-hybridized carbons (Fsp3) is 0.650. The van der Waals surface area contributed by atoms with Crippen LogP contribution in [0.5, 0.6) is 5.75 Å². The van der Waals surface area contributed by atoms with Gasteiger partial charge in [-0.05, 0) is 68.7 Å².